The van der Waals surface area contributed by atoms with Crippen LogP contribution in [-0.4, -0.2) is 44.6 Å². The molecule has 9 heteroatoms. The molecular formula is C31H33FN6OS. The van der Waals surface area contributed by atoms with Gasteiger partial charge in [0.1, 0.15) is 10.8 Å². The minimum Gasteiger partial charge on any atom is -0.362 e. The van der Waals surface area contributed by atoms with E-state index in [4.69, 9.17) is 11.6 Å². The van der Waals surface area contributed by atoms with Crippen LogP contribution < -0.4 is 10.5 Å². The second-order valence-electron chi connectivity index (χ2n) is 10.9. The summed E-state index contributed by atoms with van der Waals surface area (Å²) in [7, 11) is 1.74. The first kappa shape index (κ1) is 26.6. The number of halogens is 1. The molecule has 1 aromatic carbocycles. The van der Waals surface area contributed by atoms with E-state index in [9.17, 15) is 9.18 Å². The Bertz CT molecular complexity index is 1640. The number of benzene rings is 1. The molecule has 1 saturated carbocycles. The fraction of sp³-hybridized carbons (Fsp3) is 0.419. The third-order valence-corrected chi connectivity index (χ3v) is 9.36. The molecule has 0 bridgehead atoms. The van der Waals surface area contributed by atoms with Crippen LogP contribution in [0.3, 0.4) is 0 Å². The van der Waals surface area contributed by atoms with E-state index in [-0.39, 0.29) is 29.5 Å². The number of hydrogen-bond acceptors (Lipinski definition) is 6. The van der Waals surface area contributed by atoms with Crippen molar-refractivity contribution in [2.75, 3.05) is 18.0 Å². The van der Waals surface area contributed by atoms with Crippen molar-refractivity contribution in [3.63, 3.8) is 0 Å². The van der Waals surface area contributed by atoms with Crippen LogP contribution in [-0.2, 0) is 7.05 Å². The molecule has 6 rings (SSSR count). The quantitative estimate of drug-likeness (QED) is 0.246. The second kappa shape index (κ2) is 10.8. The average Bonchev–Trinajstić information content (AvgIpc) is 3.72. The Morgan fingerprint density at radius 1 is 1.07 bits per heavy atom. The van der Waals surface area contributed by atoms with Crippen LogP contribution in [0.5, 0.6) is 0 Å². The van der Waals surface area contributed by atoms with Crippen LogP contribution in [0.25, 0.3) is 15.9 Å². The lowest BCUT2D eigenvalue weighted by Gasteiger charge is -2.49. The van der Waals surface area contributed by atoms with Crippen LogP contribution in [0.4, 0.5) is 15.9 Å². The highest BCUT2D eigenvalue weighted by Gasteiger charge is 2.40. The fourth-order valence-electron chi connectivity index (χ4n) is 5.99. The summed E-state index contributed by atoms with van der Waals surface area (Å²) in [4.78, 5) is 31.2. The van der Waals surface area contributed by atoms with Gasteiger partial charge in [0.2, 0.25) is 5.52 Å². The van der Waals surface area contributed by atoms with Crippen LogP contribution in [0.2, 0.25) is 0 Å². The summed E-state index contributed by atoms with van der Waals surface area (Å²) in [6.07, 6.45) is 4.17. The highest BCUT2D eigenvalue weighted by molar-refractivity contribution is 7.09. The Hall–Kier alpha value is -3.61. The van der Waals surface area contributed by atoms with Crippen molar-refractivity contribution < 1.29 is 4.39 Å². The minimum atomic E-state index is -0.243. The van der Waals surface area contributed by atoms with Gasteiger partial charge in [-0.05, 0) is 55.5 Å². The lowest BCUT2D eigenvalue weighted by molar-refractivity contribution is 0.111. The average molecular weight is 557 g/mol. The van der Waals surface area contributed by atoms with Gasteiger partial charge in [-0.2, -0.15) is 0 Å². The Labute approximate surface area is 237 Å². The number of piperazine rings is 1. The maximum atomic E-state index is 14.0. The highest BCUT2D eigenvalue weighted by Crippen LogP contribution is 2.43. The zero-order valence-electron chi connectivity index (χ0n) is 23.0. The van der Waals surface area contributed by atoms with Crippen molar-refractivity contribution in [3.05, 3.63) is 91.7 Å². The second-order valence-corrected chi connectivity index (χ2v) is 11.8. The molecule has 1 unspecified atom stereocenters. The summed E-state index contributed by atoms with van der Waals surface area (Å²) in [5.74, 6) is 0.646. The van der Waals surface area contributed by atoms with Crippen LogP contribution in [0.15, 0.2) is 52.6 Å². The molecule has 0 spiro atoms. The Morgan fingerprint density at radius 3 is 2.50 bits per heavy atom. The number of aryl methyl sites for hydroxylation is 1. The van der Waals surface area contributed by atoms with E-state index < -0.39 is 0 Å². The van der Waals surface area contributed by atoms with Crippen LogP contribution in [0, 0.1) is 12.4 Å². The number of anilines is 1. The van der Waals surface area contributed by atoms with E-state index >= 15 is 0 Å². The zero-order chi connectivity index (χ0) is 28.0. The summed E-state index contributed by atoms with van der Waals surface area (Å²) in [6, 6.07) is 12.2. The first-order chi connectivity index (χ1) is 19.4. The predicted octanol–water partition coefficient (Wildman–Crippen LogP) is 6.43. The number of pyridine rings is 2. The Kier molecular flexibility index (Phi) is 7.15. The maximum Gasteiger partial charge on any atom is 0.270 e. The molecule has 3 aromatic heterocycles. The SMILES string of the molecule is [C-]#[N+]c1ccc2c(n1)c(N1C[C@@H](CC)N(C(c3ccc(F)cc3)c3nc(C4CC4)cs3)C[C@@H]1CC)cc(=O)n2C. The van der Waals surface area contributed by atoms with E-state index in [1.165, 1.54) is 18.5 Å². The highest BCUT2D eigenvalue weighted by atomic mass is 32.1. The standard InChI is InChI=1S/C31H33FN6OS/c1-5-22-17-38(30(20-9-11-21(32)12-10-20)31-34-24(18-40-31)19-7-8-19)23(6-2)16-37(22)26-15-28(39)36(4)25-13-14-27(33-3)35-29(25)26/h9-15,18-19,22-23,30H,5-8,16-17H2,1-2,4H3/t22-,23+,30?/m0/s1. The molecule has 4 heterocycles. The van der Waals surface area contributed by atoms with Gasteiger partial charge in [-0.15, -0.1) is 16.3 Å². The summed E-state index contributed by atoms with van der Waals surface area (Å²) in [5.41, 5.74) is 4.32. The minimum absolute atomic E-state index is 0.0773. The van der Waals surface area contributed by atoms with Gasteiger partial charge in [-0.3, -0.25) is 9.69 Å². The van der Waals surface area contributed by atoms with Gasteiger partial charge in [-0.1, -0.05) is 32.6 Å². The lowest BCUT2D eigenvalue weighted by Crippen LogP contribution is -2.59. The number of nitrogens with zero attached hydrogens (tertiary/aromatic N) is 6. The van der Waals surface area contributed by atoms with Crippen molar-refractivity contribution in [1.82, 2.24) is 19.4 Å². The number of aromatic nitrogens is 3. The van der Waals surface area contributed by atoms with Gasteiger partial charge in [0, 0.05) is 49.6 Å². The van der Waals surface area contributed by atoms with Gasteiger partial charge in [0.05, 0.1) is 22.9 Å². The maximum absolute atomic E-state index is 14.0. The molecule has 1 aliphatic carbocycles. The van der Waals surface area contributed by atoms with Crippen molar-refractivity contribution in [1.29, 1.82) is 0 Å². The molecule has 206 valence electrons. The molecule has 40 heavy (non-hydrogen) atoms. The smallest absolute Gasteiger partial charge is 0.270 e. The van der Waals surface area contributed by atoms with Gasteiger partial charge in [-0.25, -0.2) is 9.37 Å². The lowest BCUT2D eigenvalue weighted by atomic mass is 9.95. The Morgan fingerprint density at radius 2 is 1.82 bits per heavy atom. The predicted molar refractivity (Wildman–Crippen MR) is 158 cm³/mol. The van der Waals surface area contributed by atoms with Crippen molar-refractivity contribution in [3.8, 4) is 0 Å². The summed E-state index contributed by atoms with van der Waals surface area (Å²) < 4.78 is 15.6. The molecule has 7 nitrogen and oxygen atoms in total. The normalized spacial score (nSPS) is 20.5. The van der Waals surface area contributed by atoms with Crippen LogP contribution >= 0.6 is 11.3 Å². The first-order valence-corrected chi connectivity index (χ1v) is 14.9. The van der Waals surface area contributed by atoms with Gasteiger partial charge < -0.3 is 14.3 Å². The van der Waals surface area contributed by atoms with Gasteiger partial charge in [0.25, 0.3) is 11.4 Å². The molecule has 4 aromatic rings. The van der Waals surface area contributed by atoms with Crippen molar-refractivity contribution in [2.24, 2.45) is 7.05 Å². The third kappa shape index (κ3) is 4.80. The monoisotopic (exact) mass is 556 g/mol. The molecule has 0 radical (unpaired) electrons. The van der Waals surface area contributed by atoms with E-state index in [0.29, 0.717) is 23.8 Å². The molecular weight excluding hydrogens is 523 g/mol. The number of rotatable bonds is 7. The van der Waals surface area contributed by atoms with Crippen molar-refractivity contribution >= 4 is 33.9 Å². The third-order valence-electron chi connectivity index (χ3n) is 8.45. The van der Waals surface area contributed by atoms with E-state index in [0.717, 1.165) is 41.2 Å². The largest absolute Gasteiger partial charge is 0.362 e. The number of thiazole rings is 1. The van der Waals surface area contributed by atoms with Crippen molar-refractivity contribution in [2.45, 2.75) is 63.6 Å². The summed E-state index contributed by atoms with van der Waals surface area (Å²) in [6.45, 7) is 13.3. The van der Waals surface area contributed by atoms with E-state index in [1.54, 1.807) is 47.2 Å². The number of hydrogen-bond donors (Lipinski definition) is 0. The molecule has 1 aliphatic heterocycles. The van der Waals surface area contributed by atoms with Gasteiger partial charge >= 0.3 is 0 Å². The van der Waals surface area contributed by atoms with Crippen LogP contribution in [0.1, 0.15) is 67.8 Å². The Balaban J connectivity index is 1.43. The molecule has 0 N–H and O–H groups in total. The number of fused-ring (bicyclic) bond motifs is 1. The molecule has 2 aliphatic rings. The molecule has 0 amide bonds. The topological polar surface area (TPSA) is 58.6 Å². The van der Waals surface area contributed by atoms with Gasteiger partial charge in [0.15, 0.2) is 0 Å². The summed E-state index contributed by atoms with van der Waals surface area (Å²) in [5, 5.41) is 3.25. The first-order valence-electron chi connectivity index (χ1n) is 14.0. The fourth-order valence-corrected chi connectivity index (χ4v) is 7.04. The zero-order valence-corrected chi connectivity index (χ0v) is 23.9. The summed E-state index contributed by atoms with van der Waals surface area (Å²) >= 11 is 1.70. The van der Waals surface area contributed by atoms with E-state index in [2.05, 4.69) is 38.9 Å². The molecule has 3 atom stereocenters. The molecule has 1 saturated heterocycles. The van der Waals surface area contributed by atoms with E-state index in [1.807, 2.05) is 18.2 Å². The molecule has 2 fully saturated rings.